The fraction of sp³-hybridized carbons (Fsp3) is 0.450. The number of halogens is 2. The Labute approximate surface area is 165 Å². The maximum absolute atomic E-state index is 13.7. The number of allylic oxidation sites excluding steroid dienone is 4. The Morgan fingerprint density at radius 2 is 2.07 bits per heavy atom. The third kappa shape index (κ3) is 2.99. The average molecular weight is 396 g/mol. The first-order valence-corrected chi connectivity index (χ1v) is 9.69. The number of fused-ring (bicyclic) bond motifs is 1. The fourth-order valence-electron chi connectivity index (χ4n) is 4.67. The molecule has 1 aliphatic heterocycles. The van der Waals surface area contributed by atoms with E-state index in [0.29, 0.717) is 37.2 Å². The summed E-state index contributed by atoms with van der Waals surface area (Å²) in [6.45, 7) is 0. The van der Waals surface area contributed by atoms with Gasteiger partial charge in [-0.05, 0) is 31.4 Å². The molecule has 0 spiro atoms. The average Bonchev–Trinajstić information content (AvgIpc) is 3.21. The van der Waals surface area contributed by atoms with Gasteiger partial charge in [0.2, 0.25) is 0 Å². The third-order valence-electron chi connectivity index (χ3n) is 6.17. The summed E-state index contributed by atoms with van der Waals surface area (Å²) in [5, 5.41) is 13.5. The zero-order chi connectivity index (χ0) is 20.1. The molecule has 0 saturated heterocycles. The van der Waals surface area contributed by atoms with Crippen LogP contribution in [0.15, 0.2) is 41.0 Å². The maximum Gasteiger partial charge on any atom is 0.346 e. The Hall–Kier alpha value is -3.15. The maximum atomic E-state index is 13.7. The number of hydrogen-bond acceptors (Lipinski definition) is 5. The van der Waals surface area contributed by atoms with Gasteiger partial charge in [0, 0.05) is 42.5 Å². The second kappa shape index (κ2) is 6.72. The molecule has 2 aromatic heterocycles. The number of nitriles is 1. The summed E-state index contributed by atoms with van der Waals surface area (Å²) in [4.78, 5) is 21.1. The fourth-order valence-corrected chi connectivity index (χ4v) is 4.67. The van der Waals surface area contributed by atoms with Crippen molar-refractivity contribution in [1.29, 1.82) is 5.26 Å². The van der Waals surface area contributed by atoms with E-state index in [1.165, 1.54) is 17.1 Å². The van der Waals surface area contributed by atoms with Crippen LogP contribution in [-0.4, -0.2) is 24.3 Å². The molecule has 3 aliphatic rings. The lowest BCUT2D eigenvalue weighted by molar-refractivity contribution is 0.230. The molecule has 0 N–H and O–H groups in total. The van der Waals surface area contributed by atoms with Crippen molar-refractivity contribution in [3.8, 4) is 6.07 Å². The molecule has 5 rings (SSSR count). The quantitative estimate of drug-likeness (QED) is 0.796. The summed E-state index contributed by atoms with van der Waals surface area (Å²) in [7, 11) is 0. The Morgan fingerprint density at radius 3 is 2.83 bits per heavy atom. The number of hydrogen-bond donors (Lipinski definition) is 0. The van der Waals surface area contributed by atoms with E-state index in [9.17, 15) is 13.6 Å². The van der Waals surface area contributed by atoms with Crippen LogP contribution in [0.4, 0.5) is 8.78 Å². The van der Waals surface area contributed by atoms with Crippen LogP contribution in [0.1, 0.15) is 60.9 Å². The normalized spacial score (nSPS) is 28.2. The highest BCUT2D eigenvalue weighted by molar-refractivity contribution is 5.25. The molecule has 9 heteroatoms. The molecule has 1 unspecified atom stereocenters. The lowest BCUT2D eigenvalue weighted by atomic mass is 9.78. The van der Waals surface area contributed by atoms with Crippen LogP contribution in [0.25, 0.3) is 0 Å². The van der Waals surface area contributed by atoms with Crippen LogP contribution in [-0.2, 0) is 6.42 Å². The van der Waals surface area contributed by atoms with Gasteiger partial charge in [-0.3, -0.25) is 4.57 Å². The monoisotopic (exact) mass is 396 g/mol. The summed E-state index contributed by atoms with van der Waals surface area (Å²) in [5.41, 5.74) is 0.916. The van der Waals surface area contributed by atoms with Gasteiger partial charge in [-0.15, -0.1) is 0 Å². The molecule has 0 amide bonds. The largest absolute Gasteiger partial charge is 0.346 e. The van der Waals surface area contributed by atoms with E-state index < -0.39 is 11.7 Å². The van der Waals surface area contributed by atoms with E-state index in [1.807, 2.05) is 6.07 Å². The summed E-state index contributed by atoms with van der Waals surface area (Å²) < 4.78 is 30.5. The predicted octanol–water partition coefficient (Wildman–Crippen LogP) is 3.04. The third-order valence-corrected chi connectivity index (χ3v) is 6.17. The van der Waals surface area contributed by atoms with Gasteiger partial charge in [0.25, 0.3) is 0 Å². The Bertz CT molecular complexity index is 1130. The molecular formula is C20H18F2N6O. The molecule has 2 aliphatic carbocycles. The van der Waals surface area contributed by atoms with Gasteiger partial charge < -0.3 is 0 Å². The molecule has 2 atom stereocenters. The molecule has 3 heterocycles. The lowest BCUT2D eigenvalue weighted by Crippen LogP contribution is -2.36. The zero-order valence-electron chi connectivity index (χ0n) is 15.5. The molecule has 1 fully saturated rings. The molecule has 148 valence electrons. The first-order chi connectivity index (χ1) is 14.0. The van der Waals surface area contributed by atoms with Crippen molar-refractivity contribution >= 4 is 0 Å². The van der Waals surface area contributed by atoms with E-state index in [4.69, 9.17) is 5.26 Å². The van der Waals surface area contributed by atoms with Crippen molar-refractivity contribution in [2.75, 3.05) is 0 Å². The van der Waals surface area contributed by atoms with Crippen LogP contribution in [0.5, 0.6) is 0 Å². The van der Waals surface area contributed by atoms with Gasteiger partial charge in [-0.25, -0.2) is 28.2 Å². The number of rotatable bonds is 3. The molecule has 1 saturated carbocycles. The topological polar surface area (TPSA) is 89.4 Å². The minimum absolute atomic E-state index is 0.0398. The Balaban J connectivity index is 1.35. The van der Waals surface area contributed by atoms with E-state index in [2.05, 4.69) is 15.1 Å². The van der Waals surface area contributed by atoms with Gasteiger partial charge in [0.05, 0.1) is 6.04 Å². The Kier molecular flexibility index (Phi) is 4.15. The molecule has 0 bridgehead atoms. The zero-order valence-corrected chi connectivity index (χ0v) is 15.5. The van der Waals surface area contributed by atoms with Crippen LogP contribution in [0, 0.1) is 17.2 Å². The van der Waals surface area contributed by atoms with Crippen molar-refractivity contribution in [1.82, 2.24) is 24.3 Å². The van der Waals surface area contributed by atoms with Crippen LogP contribution in [0.3, 0.4) is 0 Å². The summed E-state index contributed by atoms with van der Waals surface area (Å²) >= 11 is 0. The van der Waals surface area contributed by atoms with Gasteiger partial charge >= 0.3 is 5.69 Å². The number of aryl methyl sites for hydroxylation is 1. The SMILES string of the molecule is N#Cc1cc(C2CC(n3nc4n(c3=O)[C@H](C3C=C(F)C=C(F)C3)CC4)C2)ncn1. The van der Waals surface area contributed by atoms with Crippen LogP contribution >= 0.6 is 0 Å². The van der Waals surface area contributed by atoms with E-state index in [1.54, 1.807) is 10.6 Å². The summed E-state index contributed by atoms with van der Waals surface area (Å²) in [5.74, 6) is -0.621. The molecule has 0 aromatic carbocycles. The molecule has 7 nitrogen and oxygen atoms in total. The number of aromatic nitrogens is 5. The molecular weight excluding hydrogens is 378 g/mol. The minimum atomic E-state index is -0.587. The Morgan fingerprint density at radius 1 is 1.24 bits per heavy atom. The standard InChI is InChI=1S/C20H18F2N6O/c21-13-3-12(4-14(22)7-13)18-1-2-19-26-28(20(29)27(18)19)16-5-11(6-16)17-8-15(9-23)24-10-25-17/h3,7-8,10-12,16,18H,1-2,4-6H2/t11?,12?,16?,18-/m0/s1. The van der Waals surface area contributed by atoms with Gasteiger partial charge in [-0.1, -0.05) is 0 Å². The van der Waals surface area contributed by atoms with Crippen molar-refractivity contribution in [2.45, 2.75) is 50.1 Å². The summed E-state index contributed by atoms with van der Waals surface area (Å²) in [6, 6.07) is 3.38. The van der Waals surface area contributed by atoms with Crippen LogP contribution < -0.4 is 5.69 Å². The number of nitrogens with zero attached hydrogens (tertiary/aromatic N) is 6. The first-order valence-electron chi connectivity index (χ1n) is 9.69. The smallest absolute Gasteiger partial charge is 0.275 e. The highest BCUT2D eigenvalue weighted by atomic mass is 19.1. The van der Waals surface area contributed by atoms with Crippen molar-refractivity contribution in [3.63, 3.8) is 0 Å². The second-order valence-corrected chi connectivity index (χ2v) is 7.89. The minimum Gasteiger partial charge on any atom is -0.275 e. The van der Waals surface area contributed by atoms with Crippen molar-refractivity contribution < 1.29 is 8.78 Å². The van der Waals surface area contributed by atoms with Crippen LogP contribution in [0.2, 0.25) is 0 Å². The lowest BCUT2D eigenvalue weighted by Gasteiger charge is -2.34. The molecule has 2 aromatic rings. The first kappa shape index (κ1) is 17.9. The van der Waals surface area contributed by atoms with Gasteiger partial charge in [0.15, 0.2) is 0 Å². The van der Waals surface area contributed by atoms with Crippen molar-refractivity contribution in [2.24, 2.45) is 5.92 Å². The van der Waals surface area contributed by atoms with E-state index in [-0.39, 0.29) is 36.0 Å². The van der Waals surface area contributed by atoms with Gasteiger partial charge in [-0.2, -0.15) is 10.4 Å². The van der Waals surface area contributed by atoms with Gasteiger partial charge in [0.1, 0.15) is 35.6 Å². The highest BCUT2D eigenvalue weighted by Gasteiger charge is 2.39. The van der Waals surface area contributed by atoms with Crippen molar-refractivity contribution in [3.05, 3.63) is 63.9 Å². The molecule has 0 radical (unpaired) electrons. The molecule has 29 heavy (non-hydrogen) atoms. The predicted molar refractivity (Wildman–Crippen MR) is 98.1 cm³/mol. The van der Waals surface area contributed by atoms with E-state index in [0.717, 1.165) is 11.8 Å². The summed E-state index contributed by atoms with van der Waals surface area (Å²) in [6.07, 6.45) is 6.49. The second-order valence-electron chi connectivity index (χ2n) is 7.89. The highest BCUT2D eigenvalue weighted by Crippen LogP contribution is 2.44. The van der Waals surface area contributed by atoms with E-state index >= 15 is 0 Å².